The second-order valence-corrected chi connectivity index (χ2v) is 6.79. The molecule has 2 atom stereocenters. The summed E-state index contributed by atoms with van der Waals surface area (Å²) in [5.74, 6) is 1.72. The summed E-state index contributed by atoms with van der Waals surface area (Å²) in [6.45, 7) is 11.0. The third-order valence-corrected chi connectivity index (χ3v) is 5.17. The van der Waals surface area contributed by atoms with E-state index in [0.29, 0.717) is 6.04 Å². The van der Waals surface area contributed by atoms with Crippen LogP contribution in [0.5, 0.6) is 0 Å². The minimum atomic E-state index is 0.693. The second kappa shape index (κ2) is 6.91. The van der Waals surface area contributed by atoms with E-state index in [9.17, 15) is 0 Å². The van der Waals surface area contributed by atoms with Gasteiger partial charge in [-0.25, -0.2) is 0 Å². The Morgan fingerprint density at radius 1 is 1.00 bits per heavy atom. The van der Waals surface area contributed by atoms with Crippen LogP contribution in [0.15, 0.2) is 0 Å². The summed E-state index contributed by atoms with van der Waals surface area (Å²) in [6.07, 6.45) is 8.66. The lowest BCUT2D eigenvalue weighted by Gasteiger charge is -2.37. The lowest BCUT2D eigenvalue weighted by atomic mass is 9.83. The molecule has 1 saturated carbocycles. The van der Waals surface area contributed by atoms with Gasteiger partial charge in [0.1, 0.15) is 0 Å². The Bertz CT molecular complexity index is 233. The molecule has 0 bridgehead atoms. The molecule has 0 aromatic heterocycles. The zero-order valence-electron chi connectivity index (χ0n) is 12.6. The van der Waals surface area contributed by atoms with Crippen LogP contribution in [0.1, 0.15) is 59.3 Å². The largest absolute Gasteiger partial charge is 0.312 e. The van der Waals surface area contributed by atoms with Crippen molar-refractivity contribution in [1.29, 1.82) is 0 Å². The molecule has 0 aromatic carbocycles. The summed E-state index contributed by atoms with van der Waals surface area (Å²) in [5.41, 5.74) is 0. The summed E-state index contributed by atoms with van der Waals surface area (Å²) < 4.78 is 0. The topological polar surface area (TPSA) is 15.3 Å². The van der Waals surface area contributed by atoms with E-state index in [1.54, 1.807) is 0 Å². The van der Waals surface area contributed by atoms with Gasteiger partial charge in [-0.1, -0.05) is 33.1 Å². The van der Waals surface area contributed by atoms with Crippen LogP contribution in [0.25, 0.3) is 0 Å². The quantitative estimate of drug-likeness (QED) is 0.829. The molecule has 106 valence electrons. The molecule has 2 fully saturated rings. The highest BCUT2D eigenvalue weighted by molar-refractivity contribution is 4.85. The van der Waals surface area contributed by atoms with Crippen molar-refractivity contribution in [1.82, 2.24) is 10.2 Å². The van der Waals surface area contributed by atoms with Crippen LogP contribution in [0.3, 0.4) is 0 Å². The number of rotatable bonds is 3. The first-order valence-electron chi connectivity index (χ1n) is 8.16. The number of nitrogens with zero attached hydrogens (tertiary/aromatic N) is 1. The molecule has 1 aliphatic carbocycles. The third-order valence-electron chi connectivity index (χ3n) is 5.17. The summed E-state index contributed by atoms with van der Waals surface area (Å²) in [6, 6.07) is 1.49. The fourth-order valence-electron chi connectivity index (χ4n) is 3.71. The van der Waals surface area contributed by atoms with Crippen LogP contribution >= 0.6 is 0 Å². The van der Waals surface area contributed by atoms with Gasteiger partial charge in [0.15, 0.2) is 0 Å². The Morgan fingerprint density at radius 3 is 2.39 bits per heavy atom. The molecule has 0 amide bonds. The maximum absolute atomic E-state index is 3.73. The highest BCUT2D eigenvalue weighted by atomic mass is 15.2. The van der Waals surface area contributed by atoms with E-state index in [4.69, 9.17) is 0 Å². The maximum Gasteiger partial charge on any atom is 0.0218 e. The smallest absolute Gasteiger partial charge is 0.0218 e. The van der Waals surface area contributed by atoms with E-state index in [2.05, 4.69) is 31.0 Å². The van der Waals surface area contributed by atoms with Crippen molar-refractivity contribution in [2.75, 3.05) is 19.6 Å². The molecule has 0 radical (unpaired) electrons. The van der Waals surface area contributed by atoms with E-state index in [0.717, 1.165) is 17.9 Å². The number of hydrogen-bond acceptors (Lipinski definition) is 2. The van der Waals surface area contributed by atoms with E-state index < -0.39 is 0 Å². The molecule has 0 spiro atoms. The summed E-state index contributed by atoms with van der Waals surface area (Å²) >= 11 is 0. The summed E-state index contributed by atoms with van der Waals surface area (Å²) in [7, 11) is 0. The Kier molecular flexibility index (Phi) is 5.50. The molecule has 2 heteroatoms. The molecule has 0 aromatic rings. The van der Waals surface area contributed by atoms with Crippen molar-refractivity contribution in [2.24, 2.45) is 11.8 Å². The van der Waals surface area contributed by atoms with Crippen LogP contribution < -0.4 is 5.32 Å². The predicted octanol–water partition coefficient (Wildman–Crippen LogP) is 3.28. The summed E-state index contributed by atoms with van der Waals surface area (Å²) in [5, 5.41) is 3.73. The van der Waals surface area contributed by atoms with Gasteiger partial charge in [0.25, 0.3) is 0 Å². The third kappa shape index (κ3) is 3.71. The monoisotopic (exact) mass is 252 g/mol. The van der Waals surface area contributed by atoms with Crippen molar-refractivity contribution < 1.29 is 0 Å². The maximum atomic E-state index is 3.73. The van der Waals surface area contributed by atoms with Crippen molar-refractivity contribution in [2.45, 2.75) is 71.4 Å². The molecule has 2 unspecified atom stereocenters. The van der Waals surface area contributed by atoms with Gasteiger partial charge in [0.05, 0.1) is 0 Å². The Labute approximate surface area is 114 Å². The first-order chi connectivity index (χ1) is 8.68. The standard InChI is InChI=1S/C16H32N2/c1-13(2)16-12-18(11-7-10-17-16)14(3)15-8-5-4-6-9-15/h13-17H,4-12H2,1-3H3. The Morgan fingerprint density at radius 2 is 1.72 bits per heavy atom. The molecular weight excluding hydrogens is 220 g/mol. The fraction of sp³-hybridized carbons (Fsp3) is 1.00. The molecule has 18 heavy (non-hydrogen) atoms. The van der Waals surface area contributed by atoms with Crippen LogP contribution in [0.4, 0.5) is 0 Å². The van der Waals surface area contributed by atoms with Crippen molar-refractivity contribution in [3.05, 3.63) is 0 Å². The summed E-state index contributed by atoms with van der Waals surface area (Å²) in [4.78, 5) is 2.78. The normalized spacial score (nSPS) is 30.3. The molecule has 1 aliphatic heterocycles. The van der Waals surface area contributed by atoms with E-state index >= 15 is 0 Å². The molecule has 2 nitrogen and oxygen atoms in total. The zero-order valence-corrected chi connectivity index (χ0v) is 12.6. The van der Waals surface area contributed by atoms with E-state index in [1.807, 2.05) is 0 Å². The van der Waals surface area contributed by atoms with Gasteiger partial charge in [-0.15, -0.1) is 0 Å². The zero-order chi connectivity index (χ0) is 13.0. The number of nitrogens with one attached hydrogen (secondary N) is 1. The van der Waals surface area contributed by atoms with Crippen molar-refractivity contribution in [3.8, 4) is 0 Å². The Balaban J connectivity index is 1.92. The van der Waals surface area contributed by atoms with Gasteiger partial charge in [0.2, 0.25) is 0 Å². The molecular formula is C16H32N2. The lowest BCUT2D eigenvalue weighted by Crippen LogP contribution is -2.46. The molecule has 2 aliphatic rings. The van der Waals surface area contributed by atoms with Crippen molar-refractivity contribution >= 4 is 0 Å². The predicted molar refractivity (Wildman–Crippen MR) is 78.9 cm³/mol. The van der Waals surface area contributed by atoms with Gasteiger partial charge in [-0.05, 0) is 51.1 Å². The average Bonchev–Trinajstić information content (AvgIpc) is 2.65. The minimum Gasteiger partial charge on any atom is -0.312 e. The first-order valence-corrected chi connectivity index (χ1v) is 8.16. The number of hydrogen-bond donors (Lipinski definition) is 1. The first kappa shape index (κ1) is 14.3. The fourth-order valence-corrected chi connectivity index (χ4v) is 3.71. The Hall–Kier alpha value is -0.0800. The van der Waals surface area contributed by atoms with Crippen LogP contribution in [0.2, 0.25) is 0 Å². The van der Waals surface area contributed by atoms with E-state index in [1.165, 1.54) is 58.2 Å². The highest BCUT2D eigenvalue weighted by Crippen LogP contribution is 2.29. The molecule has 1 N–H and O–H groups in total. The van der Waals surface area contributed by atoms with Gasteiger partial charge < -0.3 is 5.32 Å². The van der Waals surface area contributed by atoms with Gasteiger partial charge >= 0.3 is 0 Å². The SMILES string of the molecule is CC(C)C1CN(C(C)C2CCCCC2)CCCN1. The van der Waals surface area contributed by atoms with Crippen LogP contribution in [0, 0.1) is 11.8 Å². The molecule has 1 heterocycles. The lowest BCUT2D eigenvalue weighted by molar-refractivity contribution is 0.121. The van der Waals surface area contributed by atoms with Gasteiger partial charge in [0, 0.05) is 18.6 Å². The molecule has 2 rings (SSSR count). The van der Waals surface area contributed by atoms with Crippen molar-refractivity contribution in [3.63, 3.8) is 0 Å². The average molecular weight is 252 g/mol. The highest BCUT2D eigenvalue weighted by Gasteiger charge is 2.28. The van der Waals surface area contributed by atoms with Crippen LogP contribution in [-0.4, -0.2) is 36.6 Å². The van der Waals surface area contributed by atoms with E-state index in [-0.39, 0.29) is 0 Å². The van der Waals surface area contributed by atoms with Gasteiger partial charge in [-0.3, -0.25) is 4.90 Å². The van der Waals surface area contributed by atoms with Crippen LogP contribution in [-0.2, 0) is 0 Å². The second-order valence-electron chi connectivity index (χ2n) is 6.79. The minimum absolute atomic E-state index is 0.693. The van der Waals surface area contributed by atoms with Gasteiger partial charge in [-0.2, -0.15) is 0 Å². The molecule has 1 saturated heterocycles.